The first-order valence-electron chi connectivity index (χ1n) is 11.1. The van der Waals surface area contributed by atoms with Gasteiger partial charge in [-0.15, -0.1) is 0 Å². The van der Waals surface area contributed by atoms with Gasteiger partial charge < -0.3 is 15.2 Å². The van der Waals surface area contributed by atoms with Crippen molar-refractivity contribution in [2.24, 2.45) is 0 Å². The van der Waals surface area contributed by atoms with Gasteiger partial charge in [-0.3, -0.25) is 0 Å². The maximum Gasteiger partial charge on any atom is 0.0694 e. The molecule has 0 atom stereocenters. The molecule has 5 rings (SSSR count). The molecule has 146 valence electrons. The van der Waals surface area contributed by atoms with Gasteiger partial charge in [-0.25, -0.2) is 0 Å². The van der Waals surface area contributed by atoms with E-state index in [2.05, 4.69) is 63.7 Å². The molecule has 1 aromatic heterocycles. The second kappa shape index (κ2) is 8.00. The van der Waals surface area contributed by atoms with Crippen LogP contribution >= 0.6 is 0 Å². The van der Waals surface area contributed by atoms with Gasteiger partial charge in [-0.2, -0.15) is 0 Å². The van der Waals surface area contributed by atoms with Crippen molar-refractivity contribution < 1.29 is 0 Å². The number of rotatable bonds is 6. The number of fused-ring (bicyclic) bond motifs is 1. The molecule has 0 bridgehead atoms. The van der Waals surface area contributed by atoms with Crippen molar-refractivity contribution in [1.82, 2.24) is 9.88 Å². The first kappa shape index (κ1) is 17.8. The zero-order chi connectivity index (χ0) is 18.8. The monoisotopic (exact) mass is 373 g/mol. The van der Waals surface area contributed by atoms with Crippen molar-refractivity contribution in [1.29, 1.82) is 0 Å². The van der Waals surface area contributed by atoms with Crippen LogP contribution in [0.2, 0.25) is 0 Å². The highest BCUT2D eigenvalue weighted by Crippen LogP contribution is 2.32. The number of nitrogens with one attached hydrogen (secondary N) is 2. The smallest absolute Gasteiger partial charge is 0.0694 e. The largest absolute Gasteiger partial charge is 0.381 e. The van der Waals surface area contributed by atoms with E-state index in [0.29, 0.717) is 6.04 Å². The minimum Gasteiger partial charge on any atom is -0.381 e. The number of H-pyrrole nitrogens is 1. The van der Waals surface area contributed by atoms with Crippen molar-refractivity contribution in [2.45, 2.75) is 51.0 Å². The van der Waals surface area contributed by atoms with Crippen molar-refractivity contribution >= 4 is 16.6 Å². The Morgan fingerprint density at radius 1 is 0.929 bits per heavy atom. The normalized spacial score (nSPS) is 18.3. The number of aromatic nitrogens is 1. The molecule has 1 aliphatic carbocycles. The molecule has 2 fully saturated rings. The molecule has 2 aromatic carbocycles. The molecule has 28 heavy (non-hydrogen) atoms. The van der Waals surface area contributed by atoms with E-state index in [1.54, 1.807) is 0 Å². The fourth-order valence-electron chi connectivity index (χ4n) is 4.92. The maximum absolute atomic E-state index is 3.87. The van der Waals surface area contributed by atoms with Crippen LogP contribution < -0.4 is 5.32 Å². The zero-order valence-electron chi connectivity index (χ0n) is 16.7. The highest BCUT2D eigenvalue weighted by Gasteiger charge is 2.18. The Morgan fingerprint density at radius 3 is 2.50 bits per heavy atom. The molecular formula is C25H31N3. The quantitative estimate of drug-likeness (QED) is 0.570. The Morgan fingerprint density at radius 2 is 1.71 bits per heavy atom. The Kier molecular flexibility index (Phi) is 5.09. The lowest BCUT2D eigenvalue weighted by Gasteiger charge is -2.17. The van der Waals surface area contributed by atoms with Crippen LogP contribution in [-0.4, -0.2) is 35.6 Å². The first-order chi connectivity index (χ1) is 13.8. The van der Waals surface area contributed by atoms with Gasteiger partial charge in [0.2, 0.25) is 0 Å². The van der Waals surface area contributed by atoms with Crippen molar-refractivity contribution in [3.63, 3.8) is 0 Å². The maximum atomic E-state index is 3.87. The highest BCUT2D eigenvalue weighted by atomic mass is 15.1. The standard InChI is InChI=1S/C25H31N3/c1-2-8-20(9-3-1)23-18-21-16-19(12-15-28-13-6-7-14-28)17-24(25(21)27-23)26-22-10-4-5-11-22/h1-3,8-9,16-18,22,26-27H,4-7,10-15H2. The van der Waals surface area contributed by atoms with Gasteiger partial charge in [0, 0.05) is 23.7 Å². The van der Waals surface area contributed by atoms with Crippen LogP contribution in [0.15, 0.2) is 48.5 Å². The van der Waals surface area contributed by atoms with E-state index >= 15 is 0 Å². The fourth-order valence-corrected chi connectivity index (χ4v) is 4.92. The van der Waals surface area contributed by atoms with Gasteiger partial charge in [0.25, 0.3) is 0 Å². The lowest BCUT2D eigenvalue weighted by Crippen LogP contribution is -2.22. The van der Waals surface area contributed by atoms with E-state index in [9.17, 15) is 0 Å². The van der Waals surface area contributed by atoms with Gasteiger partial charge in [0.15, 0.2) is 0 Å². The number of nitrogens with zero attached hydrogens (tertiary/aromatic N) is 1. The van der Waals surface area contributed by atoms with Gasteiger partial charge >= 0.3 is 0 Å². The van der Waals surface area contributed by atoms with Gasteiger partial charge in [-0.05, 0) is 74.5 Å². The summed E-state index contributed by atoms with van der Waals surface area (Å²) in [4.78, 5) is 6.32. The minimum absolute atomic E-state index is 0.625. The summed E-state index contributed by atoms with van der Waals surface area (Å²) in [5.41, 5.74) is 6.48. The second-order valence-electron chi connectivity index (χ2n) is 8.58. The average Bonchev–Trinajstić information content (AvgIpc) is 3.48. The van der Waals surface area contributed by atoms with Crippen LogP contribution in [0, 0.1) is 0 Å². The molecule has 1 aliphatic heterocycles. The molecule has 2 aliphatic rings. The summed E-state index contributed by atoms with van der Waals surface area (Å²) in [6.45, 7) is 3.74. The van der Waals surface area contributed by atoms with Crippen LogP contribution in [0.25, 0.3) is 22.2 Å². The first-order valence-corrected chi connectivity index (χ1v) is 11.1. The molecule has 1 saturated carbocycles. The van der Waals surface area contributed by atoms with E-state index in [1.807, 2.05) is 0 Å². The Bertz CT molecular complexity index is 916. The van der Waals surface area contributed by atoms with Gasteiger partial charge in [-0.1, -0.05) is 43.2 Å². The number of hydrogen-bond donors (Lipinski definition) is 2. The zero-order valence-corrected chi connectivity index (χ0v) is 16.7. The van der Waals surface area contributed by atoms with E-state index < -0.39 is 0 Å². The Labute approximate surface area is 168 Å². The molecular weight excluding hydrogens is 342 g/mol. The highest BCUT2D eigenvalue weighted by molar-refractivity contribution is 5.95. The SMILES string of the molecule is c1ccc(-c2cc3cc(CCN4CCCC4)cc(NC4CCCC4)c3[nH]2)cc1. The van der Waals surface area contributed by atoms with E-state index in [4.69, 9.17) is 0 Å². The average molecular weight is 374 g/mol. The molecule has 3 aromatic rings. The van der Waals surface area contributed by atoms with E-state index in [0.717, 1.165) is 6.42 Å². The molecule has 2 N–H and O–H groups in total. The third-order valence-electron chi connectivity index (χ3n) is 6.50. The third-order valence-corrected chi connectivity index (χ3v) is 6.50. The number of hydrogen-bond acceptors (Lipinski definition) is 2. The van der Waals surface area contributed by atoms with Crippen molar-refractivity contribution in [3.05, 3.63) is 54.1 Å². The van der Waals surface area contributed by atoms with Crippen LogP contribution in [0.1, 0.15) is 44.1 Å². The van der Waals surface area contributed by atoms with Crippen LogP contribution in [0.4, 0.5) is 5.69 Å². The molecule has 1 saturated heterocycles. The summed E-state index contributed by atoms with van der Waals surface area (Å²) in [6.07, 6.45) is 9.18. The fraction of sp³-hybridized carbons (Fsp3) is 0.440. The summed E-state index contributed by atoms with van der Waals surface area (Å²) in [7, 11) is 0. The molecule has 0 amide bonds. The van der Waals surface area contributed by atoms with Crippen molar-refractivity contribution in [2.75, 3.05) is 25.0 Å². The predicted octanol–water partition coefficient (Wildman–Crippen LogP) is 5.83. The summed E-state index contributed by atoms with van der Waals surface area (Å²) in [5, 5.41) is 5.20. The molecule has 2 heterocycles. The number of likely N-dealkylation sites (tertiary alicyclic amines) is 1. The third kappa shape index (κ3) is 3.81. The number of aromatic amines is 1. The second-order valence-corrected chi connectivity index (χ2v) is 8.58. The molecule has 0 radical (unpaired) electrons. The summed E-state index contributed by atoms with van der Waals surface area (Å²) in [6, 6.07) is 18.4. The molecule has 3 heteroatoms. The van der Waals surface area contributed by atoms with Crippen LogP contribution in [0.3, 0.4) is 0 Å². The predicted molar refractivity (Wildman–Crippen MR) is 119 cm³/mol. The van der Waals surface area contributed by atoms with E-state index in [-0.39, 0.29) is 0 Å². The molecule has 3 nitrogen and oxygen atoms in total. The number of anilines is 1. The van der Waals surface area contributed by atoms with Gasteiger partial charge in [0.05, 0.1) is 11.2 Å². The summed E-state index contributed by atoms with van der Waals surface area (Å²) < 4.78 is 0. The Balaban J connectivity index is 1.47. The molecule has 0 spiro atoms. The van der Waals surface area contributed by atoms with Crippen molar-refractivity contribution in [3.8, 4) is 11.3 Å². The van der Waals surface area contributed by atoms with Crippen LogP contribution in [-0.2, 0) is 6.42 Å². The lowest BCUT2D eigenvalue weighted by molar-refractivity contribution is 0.343. The van der Waals surface area contributed by atoms with E-state index in [1.165, 1.54) is 91.6 Å². The topological polar surface area (TPSA) is 31.1 Å². The molecule has 0 unspecified atom stereocenters. The van der Waals surface area contributed by atoms with Crippen LogP contribution in [0.5, 0.6) is 0 Å². The number of benzene rings is 2. The summed E-state index contributed by atoms with van der Waals surface area (Å²) in [5.74, 6) is 0. The summed E-state index contributed by atoms with van der Waals surface area (Å²) >= 11 is 0. The van der Waals surface area contributed by atoms with Gasteiger partial charge in [0.1, 0.15) is 0 Å². The minimum atomic E-state index is 0.625. The Hall–Kier alpha value is -2.26. The lowest BCUT2D eigenvalue weighted by atomic mass is 10.1.